The lowest BCUT2D eigenvalue weighted by Crippen LogP contribution is -2.30. The van der Waals surface area contributed by atoms with E-state index in [0.717, 1.165) is 34.2 Å². The molecule has 0 radical (unpaired) electrons. The third kappa shape index (κ3) is 5.00. The van der Waals surface area contributed by atoms with Gasteiger partial charge in [0.25, 0.3) is 5.91 Å². The Morgan fingerprint density at radius 1 is 1.00 bits per heavy atom. The van der Waals surface area contributed by atoms with Gasteiger partial charge in [0.15, 0.2) is 6.10 Å². The van der Waals surface area contributed by atoms with Crippen LogP contribution in [0.3, 0.4) is 0 Å². The predicted molar refractivity (Wildman–Crippen MR) is 110 cm³/mol. The van der Waals surface area contributed by atoms with Crippen LogP contribution in [0.5, 0.6) is 5.75 Å². The third-order valence-corrected chi connectivity index (χ3v) is 4.36. The number of esters is 1. The molecule has 30 heavy (non-hydrogen) atoms. The first kappa shape index (κ1) is 21.0. The maximum Gasteiger partial charge on any atom is 0.331 e. The summed E-state index contributed by atoms with van der Waals surface area (Å²) < 4.78 is 37.4. The van der Waals surface area contributed by atoms with Crippen LogP contribution in [0.25, 0.3) is 16.8 Å². The van der Waals surface area contributed by atoms with E-state index in [1.165, 1.54) is 19.1 Å². The Morgan fingerprint density at radius 3 is 2.37 bits per heavy atom. The van der Waals surface area contributed by atoms with Gasteiger partial charge in [-0.3, -0.25) is 4.79 Å². The van der Waals surface area contributed by atoms with Crippen molar-refractivity contribution < 1.29 is 27.8 Å². The van der Waals surface area contributed by atoms with E-state index < -0.39 is 35.3 Å². The van der Waals surface area contributed by atoms with Gasteiger partial charge in [-0.2, -0.15) is 0 Å². The molecule has 0 bridgehead atoms. The summed E-state index contributed by atoms with van der Waals surface area (Å²) in [5, 5.41) is 4.04. The van der Waals surface area contributed by atoms with E-state index in [2.05, 4.69) is 5.32 Å². The molecule has 0 aliphatic heterocycles. The Hall–Kier alpha value is -3.74. The summed E-state index contributed by atoms with van der Waals surface area (Å²) in [6, 6.07) is 14.4. The highest BCUT2D eigenvalue weighted by Gasteiger charge is 2.19. The van der Waals surface area contributed by atoms with Crippen LogP contribution in [-0.4, -0.2) is 25.1 Å². The molecule has 0 spiro atoms. The molecule has 154 valence electrons. The molecule has 0 unspecified atom stereocenters. The van der Waals surface area contributed by atoms with Gasteiger partial charge in [0, 0.05) is 6.08 Å². The van der Waals surface area contributed by atoms with E-state index in [1.54, 1.807) is 13.2 Å². The Bertz CT molecular complexity index is 1110. The zero-order valence-electron chi connectivity index (χ0n) is 16.3. The SMILES string of the molecule is COc1ccc2cc(/C=C/C(=O)O[C@H](C)C(=O)Nc3c(F)cccc3F)ccc2c1. The van der Waals surface area contributed by atoms with Crippen LogP contribution < -0.4 is 10.1 Å². The quantitative estimate of drug-likeness (QED) is 0.471. The molecular weight excluding hydrogens is 392 g/mol. The molecule has 3 aromatic carbocycles. The summed E-state index contributed by atoms with van der Waals surface area (Å²) in [5.74, 6) is -2.70. The Kier molecular flexibility index (Phi) is 6.41. The molecular formula is C23H19F2NO4. The van der Waals surface area contributed by atoms with Crippen LogP contribution in [0, 0.1) is 11.6 Å². The normalized spacial score (nSPS) is 12.0. The van der Waals surface area contributed by atoms with Crippen LogP contribution in [0.15, 0.2) is 60.7 Å². The summed E-state index contributed by atoms with van der Waals surface area (Å²) in [7, 11) is 1.60. The van der Waals surface area contributed by atoms with E-state index >= 15 is 0 Å². The van der Waals surface area contributed by atoms with E-state index in [0.29, 0.717) is 0 Å². The largest absolute Gasteiger partial charge is 0.497 e. The fourth-order valence-electron chi connectivity index (χ4n) is 2.75. The molecule has 0 aliphatic rings. The van der Waals surface area contributed by atoms with Crippen LogP contribution in [-0.2, 0) is 14.3 Å². The maximum absolute atomic E-state index is 13.6. The monoisotopic (exact) mass is 411 g/mol. The summed E-state index contributed by atoms with van der Waals surface area (Å²) >= 11 is 0. The average Bonchev–Trinajstić information content (AvgIpc) is 2.74. The highest BCUT2D eigenvalue weighted by Crippen LogP contribution is 2.22. The lowest BCUT2D eigenvalue weighted by atomic mass is 10.1. The highest BCUT2D eigenvalue weighted by molar-refractivity contribution is 5.97. The minimum absolute atomic E-state index is 0.589. The van der Waals surface area contributed by atoms with Gasteiger partial charge in [0.2, 0.25) is 0 Å². The van der Waals surface area contributed by atoms with E-state index in [9.17, 15) is 18.4 Å². The van der Waals surface area contributed by atoms with Gasteiger partial charge in [-0.1, -0.05) is 24.3 Å². The molecule has 0 fully saturated rings. The van der Waals surface area contributed by atoms with Crippen molar-refractivity contribution in [2.75, 3.05) is 12.4 Å². The molecule has 0 saturated carbocycles. The van der Waals surface area contributed by atoms with Crippen molar-refractivity contribution in [3.63, 3.8) is 0 Å². The zero-order chi connectivity index (χ0) is 21.7. The van der Waals surface area contributed by atoms with Crippen molar-refractivity contribution in [3.05, 3.63) is 77.9 Å². The zero-order valence-corrected chi connectivity index (χ0v) is 16.3. The molecule has 0 saturated heterocycles. The number of anilines is 1. The highest BCUT2D eigenvalue weighted by atomic mass is 19.1. The van der Waals surface area contributed by atoms with Crippen molar-refractivity contribution >= 4 is 34.4 Å². The molecule has 7 heteroatoms. The molecule has 1 amide bonds. The lowest BCUT2D eigenvalue weighted by molar-refractivity contribution is -0.148. The summed E-state index contributed by atoms with van der Waals surface area (Å²) in [5.41, 5.74) is 0.170. The lowest BCUT2D eigenvalue weighted by Gasteiger charge is -2.13. The van der Waals surface area contributed by atoms with Crippen LogP contribution in [0.4, 0.5) is 14.5 Å². The molecule has 1 atom stereocenters. The average molecular weight is 411 g/mol. The first-order valence-corrected chi connectivity index (χ1v) is 9.09. The van der Waals surface area contributed by atoms with Crippen molar-refractivity contribution in [1.82, 2.24) is 0 Å². The van der Waals surface area contributed by atoms with Crippen LogP contribution in [0.1, 0.15) is 12.5 Å². The number of amides is 1. The Balaban J connectivity index is 1.62. The standard InChI is InChI=1S/C23H19F2NO4/c1-14(23(28)26-22-19(24)4-3-5-20(22)25)30-21(27)11-7-15-6-8-17-13-18(29-2)10-9-16(17)12-15/h3-14H,1-2H3,(H,26,28)/b11-7+/t14-/m1/s1. The summed E-state index contributed by atoms with van der Waals surface area (Å²) in [6.07, 6.45) is 1.48. The molecule has 0 aliphatic carbocycles. The molecule has 5 nitrogen and oxygen atoms in total. The molecule has 3 aromatic rings. The van der Waals surface area contributed by atoms with Gasteiger partial charge < -0.3 is 14.8 Å². The minimum Gasteiger partial charge on any atom is -0.497 e. The van der Waals surface area contributed by atoms with E-state index in [1.807, 2.05) is 36.4 Å². The first-order valence-electron chi connectivity index (χ1n) is 9.09. The molecule has 0 aromatic heterocycles. The van der Waals surface area contributed by atoms with Gasteiger partial charge in [-0.25, -0.2) is 13.6 Å². The van der Waals surface area contributed by atoms with Crippen molar-refractivity contribution in [2.45, 2.75) is 13.0 Å². The number of hydrogen-bond donors (Lipinski definition) is 1. The van der Waals surface area contributed by atoms with Gasteiger partial charge >= 0.3 is 5.97 Å². The summed E-state index contributed by atoms with van der Waals surface area (Å²) in [6.45, 7) is 1.31. The number of para-hydroxylation sites is 1. The number of ether oxygens (including phenoxy) is 2. The van der Waals surface area contributed by atoms with E-state index in [-0.39, 0.29) is 0 Å². The number of benzene rings is 3. The maximum atomic E-state index is 13.6. The van der Waals surface area contributed by atoms with Crippen molar-refractivity contribution in [3.8, 4) is 5.75 Å². The second kappa shape index (κ2) is 9.17. The Labute approximate surface area is 171 Å². The smallest absolute Gasteiger partial charge is 0.331 e. The van der Waals surface area contributed by atoms with Gasteiger partial charge in [-0.15, -0.1) is 0 Å². The second-order valence-corrected chi connectivity index (χ2v) is 6.47. The topological polar surface area (TPSA) is 64.6 Å². The number of fused-ring (bicyclic) bond motifs is 1. The van der Waals surface area contributed by atoms with E-state index in [4.69, 9.17) is 9.47 Å². The minimum atomic E-state index is -1.25. The molecule has 0 heterocycles. The molecule has 1 N–H and O–H groups in total. The fraction of sp³-hybridized carbons (Fsp3) is 0.130. The number of carbonyl (C=O) groups is 2. The number of rotatable bonds is 6. The van der Waals surface area contributed by atoms with Gasteiger partial charge in [0.05, 0.1) is 7.11 Å². The number of hydrogen-bond acceptors (Lipinski definition) is 4. The Morgan fingerprint density at radius 2 is 1.67 bits per heavy atom. The number of nitrogens with one attached hydrogen (secondary N) is 1. The third-order valence-electron chi connectivity index (χ3n) is 4.36. The number of carbonyl (C=O) groups excluding carboxylic acids is 2. The van der Waals surface area contributed by atoms with Crippen molar-refractivity contribution in [1.29, 1.82) is 0 Å². The number of halogens is 2. The predicted octanol–water partition coefficient (Wildman–Crippen LogP) is 4.71. The van der Waals surface area contributed by atoms with Crippen LogP contribution in [0.2, 0.25) is 0 Å². The van der Waals surface area contributed by atoms with Crippen LogP contribution >= 0.6 is 0 Å². The molecule has 3 rings (SSSR count). The van der Waals surface area contributed by atoms with Crippen molar-refractivity contribution in [2.24, 2.45) is 0 Å². The van der Waals surface area contributed by atoms with Gasteiger partial charge in [-0.05, 0) is 59.7 Å². The summed E-state index contributed by atoms with van der Waals surface area (Å²) in [4.78, 5) is 24.1. The fourth-order valence-corrected chi connectivity index (χ4v) is 2.75. The van der Waals surface area contributed by atoms with Gasteiger partial charge in [0.1, 0.15) is 23.1 Å². The second-order valence-electron chi connectivity index (χ2n) is 6.47. The first-order chi connectivity index (χ1) is 14.4. The number of methoxy groups -OCH3 is 1.